The summed E-state index contributed by atoms with van der Waals surface area (Å²) in [6.45, 7) is -0.309. The van der Waals surface area contributed by atoms with Gasteiger partial charge in [-0.25, -0.2) is 9.18 Å². The molecule has 0 amide bonds. The molecule has 0 atom stereocenters. The van der Waals surface area contributed by atoms with Crippen LogP contribution in [-0.4, -0.2) is 13.1 Å². The number of halogens is 5. The maximum Gasteiger partial charge on any atom is 0.453 e. The summed E-state index contributed by atoms with van der Waals surface area (Å²) in [6.07, 6.45) is -5.08. The SMILES string of the molecule is COC(=O)c1ccc(Oc2c(C(F)(F)F)oc3cc(OCc4c(F)cccc4Cl)ccc3c2=O)cc1. The predicted octanol–water partition coefficient (Wildman–Crippen LogP) is 6.76. The van der Waals surface area contributed by atoms with Gasteiger partial charge >= 0.3 is 12.1 Å². The molecule has 4 aromatic rings. The Balaban J connectivity index is 1.70. The van der Waals surface area contributed by atoms with E-state index in [1.807, 2.05) is 0 Å². The fourth-order valence-electron chi connectivity index (χ4n) is 3.25. The number of methoxy groups -OCH3 is 1. The summed E-state index contributed by atoms with van der Waals surface area (Å²) in [7, 11) is 1.17. The highest BCUT2D eigenvalue weighted by Gasteiger charge is 2.40. The van der Waals surface area contributed by atoms with E-state index < -0.39 is 40.5 Å². The van der Waals surface area contributed by atoms with Crippen LogP contribution in [0.2, 0.25) is 5.02 Å². The van der Waals surface area contributed by atoms with Gasteiger partial charge in [-0.2, -0.15) is 13.2 Å². The van der Waals surface area contributed by atoms with Crippen molar-refractivity contribution in [3.8, 4) is 17.2 Å². The number of hydrogen-bond acceptors (Lipinski definition) is 6. The molecule has 0 N–H and O–H groups in total. The van der Waals surface area contributed by atoms with Crippen LogP contribution in [0.15, 0.2) is 69.9 Å². The molecular formula is C25H15ClF4O6. The van der Waals surface area contributed by atoms with Crippen molar-refractivity contribution in [2.45, 2.75) is 12.8 Å². The highest BCUT2D eigenvalue weighted by Crippen LogP contribution is 2.38. The quantitative estimate of drug-likeness (QED) is 0.206. The monoisotopic (exact) mass is 522 g/mol. The molecule has 6 nitrogen and oxygen atoms in total. The number of alkyl halides is 3. The summed E-state index contributed by atoms with van der Waals surface area (Å²) in [6, 6.07) is 12.6. The van der Waals surface area contributed by atoms with Crippen LogP contribution in [0, 0.1) is 5.82 Å². The largest absolute Gasteiger partial charge is 0.489 e. The summed E-state index contributed by atoms with van der Waals surface area (Å²) >= 11 is 5.96. The lowest BCUT2D eigenvalue weighted by Crippen LogP contribution is -2.15. The van der Waals surface area contributed by atoms with Crippen molar-refractivity contribution in [2.75, 3.05) is 7.11 Å². The van der Waals surface area contributed by atoms with Gasteiger partial charge in [0, 0.05) is 11.6 Å². The second kappa shape index (κ2) is 9.90. The predicted molar refractivity (Wildman–Crippen MR) is 121 cm³/mol. The van der Waals surface area contributed by atoms with Crippen molar-refractivity contribution in [2.24, 2.45) is 0 Å². The minimum atomic E-state index is -5.08. The van der Waals surface area contributed by atoms with E-state index in [0.717, 1.165) is 6.07 Å². The average molecular weight is 523 g/mol. The lowest BCUT2D eigenvalue weighted by atomic mass is 10.2. The first-order chi connectivity index (χ1) is 17.1. The lowest BCUT2D eigenvalue weighted by Gasteiger charge is -2.14. The number of rotatable bonds is 6. The number of esters is 1. The first-order valence-electron chi connectivity index (χ1n) is 10.2. The summed E-state index contributed by atoms with van der Waals surface area (Å²) < 4.78 is 75.6. The van der Waals surface area contributed by atoms with Crippen molar-refractivity contribution in [1.29, 1.82) is 0 Å². The molecule has 0 aliphatic heterocycles. The Morgan fingerprint density at radius 1 is 1.03 bits per heavy atom. The smallest absolute Gasteiger partial charge is 0.453 e. The van der Waals surface area contributed by atoms with Gasteiger partial charge in [-0.05, 0) is 48.5 Å². The van der Waals surface area contributed by atoms with Crippen LogP contribution in [-0.2, 0) is 17.5 Å². The van der Waals surface area contributed by atoms with Gasteiger partial charge in [0.05, 0.1) is 23.1 Å². The van der Waals surface area contributed by atoms with Crippen molar-refractivity contribution in [3.63, 3.8) is 0 Å². The molecular weight excluding hydrogens is 508 g/mol. The molecule has 0 bridgehead atoms. The van der Waals surface area contributed by atoms with Gasteiger partial charge in [0.1, 0.15) is 29.5 Å². The molecule has 0 spiro atoms. The Kier molecular flexibility index (Phi) is 6.89. The van der Waals surface area contributed by atoms with Crippen LogP contribution in [0.1, 0.15) is 21.7 Å². The third-order valence-electron chi connectivity index (χ3n) is 5.02. The standard InChI is InChI=1S/C25H15ClF4O6/c1-33-24(32)13-5-7-14(8-6-13)35-22-21(31)16-10-9-15(11-20(16)36-23(22)25(28,29)30)34-12-17-18(26)3-2-4-19(17)27/h2-11H,12H2,1H3. The number of carbonyl (C=O) groups is 1. The van der Waals surface area contributed by atoms with E-state index in [2.05, 4.69) is 4.74 Å². The molecule has 1 aromatic heterocycles. The second-order valence-corrected chi connectivity index (χ2v) is 7.76. The molecule has 11 heteroatoms. The topological polar surface area (TPSA) is 75.0 Å². The van der Waals surface area contributed by atoms with Crippen LogP contribution in [0.5, 0.6) is 17.2 Å². The molecule has 0 radical (unpaired) electrons. The van der Waals surface area contributed by atoms with Gasteiger partial charge in [-0.1, -0.05) is 17.7 Å². The second-order valence-electron chi connectivity index (χ2n) is 7.35. The fraction of sp³-hybridized carbons (Fsp3) is 0.120. The molecule has 186 valence electrons. The molecule has 3 aromatic carbocycles. The minimum absolute atomic E-state index is 0.0187. The van der Waals surface area contributed by atoms with Gasteiger partial charge in [-0.15, -0.1) is 0 Å². The van der Waals surface area contributed by atoms with E-state index in [0.29, 0.717) is 0 Å². The molecule has 4 rings (SSSR count). The summed E-state index contributed by atoms with van der Waals surface area (Å²) in [5.74, 6) is -4.13. The molecule has 1 heterocycles. The minimum Gasteiger partial charge on any atom is -0.489 e. The zero-order valence-electron chi connectivity index (χ0n) is 18.3. The van der Waals surface area contributed by atoms with E-state index in [-0.39, 0.29) is 39.6 Å². The van der Waals surface area contributed by atoms with Crippen molar-refractivity contribution >= 4 is 28.5 Å². The normalized spacial score (nSPS) is 11.4. The van der Waals surface area contributed by atoms with Crippen LogP contribution in [0.4, 0.5) is 17.6 Å². The van der Waals surface area contributed by atoms with E-state index in [9.17, 15) is 27.2 Å². The number of ether oxygens (including phenoxy) is 3. The van der Waals surface area contributed by atoms with Gasteiger partial charge in [0.25, 0.3) is 5.76 Å². The van der Waals surface area contributed by atoms with Crippen molar-refractivity contribution in [1.82, 2.24) is 0 Å². The van der Waals surface area contributed by atoms with E-state index in [1.165, 1.54) is 61.7 Å². The Morgan fingerprint density at radius 3 is 2.36 bits per heavy atom. The molecule has 36 heavy (non-hydrogen) atoms. The van der Waals surface area contributed by atoms with E-state index >= 15 is 0 Å². The molecule has 0 saturated heterocycles. The van der Waals surface area contributed by atoms with Gasteiger partial charge in [0.15, 0.2) is 0 Å². The van der Waals surface area contributed by atoms with Crippen molar-refractivity contribution in [3.05, 3.63) is 98.6 Å². The first-order valence-corrected chi connectivity index (χ1v) is 10.6. The number of hydrogen-bond donors (Lipinski definition) is 0. The van der Waals surface area contributed by atoms with Crippen molar-refractivity contribution < 1.29 is 41.0 Å². The van der Waals surface area contributed by atoms with Crippen LogP contribution in [0.25, 0.3) is 11.0 Å². The van der Waals surface area contributed by atoms with Gasteiger partial charge < -0.3 is 18.6 Å². The molecule has 0 fully saturated rings. The number of benzene rings is 3. The highest BCUT2D eigenvalue weighted by atomic mass is 35.5. The maximum atomic E-state index is 14.0. The average Bonchev–Trinajstić information content (AvgIpc) is 2.84. The van der Waals surface area contributed by atoms with Crippen LogP contribution in [0.3, 0.4) is 0 Å². The first kappa shape index (κ1) is 25.1. The summed E-state index contributed by atoms with van der Waals surface area (Å²) in [5.41, 5.74) is -1.31. The Labute approximate surface area is 205 Å². The Morgan fingerprint density at radius 2 is 1.72 bits per heavy atom. The Hall–Kier alpha value is -4.05. The Bertz CT molecular complexity index is 1480. The molecule has 0 saturated carbocycles. The third-order valence-corrected chi connectivity index (χ3v) is 5.37. The zero-order chi connectivity index (χ0) is 26.0. The fourth-order valence-corrected chi connectivity index (χ4v) is 3.46. The lowest BCUT2D eigenvalue weighted by molar-refractivity contribution is -0.154. The van der Waals surface area contributed by atoms with Crippen LogP contribution < -0.4 is 14.9 Å². The molecule has 0 aliphatic carbocycles. The molecule has 0 unspecified atom stereocenters. The van der Waals surface area contributed by atoms with Gasteiger partial charge in [0.2, 0.25) is 11.2 Å². The maximum absolute atomic E-state index is 14.0. The van der Waals surface area contributed by atoms with Gasteiger partial charge in [-0.3, -0.25) is 4.79 Å². The molecule has 0 aliphatic rings. The zero-order valence-corrected chi connectivity index (χ0v) is 19.1. The van der Waals surface area contributed by atoms with E-state index in [1.54, 1.807) is 0 Å². The highest BCUT2D eigenvalue weighted by molar-refractivity contribution is 6.31. The van der Waals surface area contributed by atoms with E-state index in [4.69, 9.17) is 25.5 Å². The summed E-state index contributed by atoms with van der Waals surface area (Å²) in [4.78, 5) is 24.5. The number of carbonyl (C=O) groups excluding carboxylic acids is 1. The number of fused-ring (bicyclic) bond motifs is 1. The summed E-state index contributed by atoms with van der Waals surface area (Å²) in [5, 5.41) is -0.0939. The third kappa shape index (κ3) is 5.13. The van der Waals surface area contributed by atoms with Crippen LogP contribution >= 0.6 is 11.6 Å².